The molecule has 0 fully saturated rings. The fourth-order valence-corrected chi connectivity index (χ4v) is 6.11. The van der Waals surface area contributed by atoms with Crippen molar-refractivity contribution in [3.63, 3.8) is 0 Å². The smallest absolute Gasteiger partial charge is 0.0520 e. The van der Waals surface area contributed by atoms with Gasteiger partial charge in [0.05, 0.1) is 5.41 Å². The zero-order valence-electron chi connectivity index (χ0n) is 17.7. The molecule has 0 amide bonds. The molecule has 0 heterocycles. The summed E-state index contributed by atoms with van der Waals surface area (Å²) in [5.41, 5.74) is 9.82. The normalized spacial score (nSPS) is 15.4. The molecule has 2 aliphatic rings. The molecule has 2 aliphatic carbocycles. The van der Waals surface area contributed by atoms with Crippen LogP contribution in [0.5, 0.6) is 0 Å². The van der Waals surface area contributed by atoms with Crippen molar-refractivity contribution in [3.05, 3.63) is 143 Å². The van der Waals surface area contributed by atoms with E-state index in [4.69, 9.17) is 0 Å². The Bertz CT molecular complexity index is 1160. The Kier molecular flexibility index (Phi) is 4.39. The highest BCUT2D eigenvalue weighted by molar-refractivity contribution is 5.81. The van der Waals surface area contributed by atoms with Gasteiger partial charge in [-0.2, -0.15) is 0 Å². The molecule has 0 radical (unpaired) electrons. The molecular formula is C31H26. The molecule has 0 spiro atoms. The van der Waals surface area contributed by atoms with E-state index in [1.807, 2.05) is 0 Å². The molecule has 0 nitrogen and oxygen atoms in total. The first kappa shape index (κ1) is 18.4. The number of hydrogen-bond donors (Lipinski definition) is 0. The van der Waals surface area contributed by atoms with Gasteiger partial charge in [-0.15, -0.1) is 0 Å². The van der Waals surface area contributed by atoms with Crippen LogP contribution in [0.25, 0.3) is 11.1 Å². The van der Waals surface area contributed by atoms with Crippen molar-refractivity contribution in [3.8, 4) is 11.1 Å². The second-order valence-corrected chi connectivity index (χ2v) is 8.77. The zero-order valence-corrected chi connectivity index (χ0v) is 17.7. The van der Waals surface area contributed by atoms with Gasteiger partial charge in [-0.05, 0) is 52.6 Å². The maximum Gasteiger partial charge on any atom is 0.0520 e. The lowest BCUT2D eigenvalue weighted by atomic mass is 9.58. The summed E-state index contributed by atoms with van der Waals surface area (Å²) in [6.45, 7) is 0. The van der Waals surface area contributed by atoms with E-state index in [2.05, 4.69) is 115 Å². The topological polar surface area (TPSA) is 0 Å². The summed E-state index contributed by atoms with van der Waals surface area (Å²) < 4.78 is 0. The van der Waals surface area contributed by atoms with Gasteiger partial charge in [-0.1, -0.05) is 121 Å². The number of allylic oxidation sites excluding steroid dienone is 2. The molecule has 0 saturated heterocycles. The van der Waals surface area contributed by atoms with Crippen molar-refractivity contribution in [1.82, 2.24) is 0 Å². The summed E-state index contributed by atoms with van der Waals surface area (Å²) >= 11 is 0. The van der Waals surface area contributed by atoms with Crippen LogP contribution in [0.1, 0.15) is 47.4 Å². The maximum absolute atomic E-state index is 2.53. The highest BCUT2D eigenvalue weighted by atomic mass is 14.5. The number of hydrogen-bond acceptors (Lipinski definition) is 0. The first-order valence-electron chi connectivity index (χ1n) is 11.4. The van der Waals surface area contributed by atoms with Crippen molar-refractivity contribution in [2.24, 2.45) is 0 Å². The third-order valence-corrected chi connectivity index (χ3v) is 7.27. The molecule has 0 aliphatic heterocycles. The van der Waals surface area contributed by atoms with E-state index in [1.54, 1.807) is 5.57 Å². The van der Waals surface area contributed by atoms with Gasteiger partial charge in [-0.3, -0.25) is 0 Å². The van der Waals surface area contributed by atoms with Crippen LogP contribution in [-0.4, -0.2) is 0 Å². The quantitative estimate of drug-likeness (QED) is 0.307. The van der Waals surface area contributed by atoms with Crippen LogP contribution < -0.4 is 0 Å². The second-order valence-electron chi connectivity index (χ2n) is 8.77. The maximum atomic E-state index is 2.53. The van der Waals surface area contributed by atoms with E-state index in [1.165, 1.54) is 46.2 Å². The first-order chi connectivity index (χ1) is 15.4. The molecule has 6 rings (SSSR count). The summed E-state index contributed by atoms with van der Waals surface area (Å²) in [5, 5.41) is 0. The number of benzene rings is 4. The highest BCUT2D eigenvalue weighted by Gasteiger charge is 2.50. The fraction of sp³-hybridized carbons (Fsp3) is 0.161. The zero-order chi connectivity index (χ0) is 20.7. The van der Waals surface area contributed by atoms with Gasteiger partial charge in [0.1, 0.15) is 0 Å². The van der Waals surface area contributed by atoms with Crippen molar-refractivity contribution in [2.45, 2.75) is 30.6 Å². The number of fused-ring (bicyclic) bond motifs is 3. The Labute approximate surface area is 184 Å². The minimum absolute atomic E-state index is 0.207. The Morgan fingerprint density at radius 1 is 0.548 bits per heavy atom. The van der Waals surface area contributed by atoms with E-state index in [0.717, 1.165) is 6.42 Å². The molecule has 0 atom stereocenters. The van der Waals surface area contributed by atoms with E-state index in [0.29, 0.717) is 0 Å². The van der Waals surface area contributed by atoms with E-state index in [9.17, 15) is 0 Å². The van der Waals surface area contributed by atoms with E-state index in [-0.39, 0.29) is 11.3 Å². The largest absolute Gasteiger partial charge is 0.0841 e. The SMILES string of the molecule is C1=C(C(c2ccccc2)(c2ccccc2)C2c3ccccc3-c3ccccc32)CCC1. The predicted molar refractivity (Wildman–Crippen MR) is 129 cm³/mol. The molecule has 31 heavy (non-hydrogen) atoms. The molecule has 150 valence electrons. The highest BCUT2D eigenvalue weighted by Crippen LogP contribution is 2.60. The van der Waals surface area contributed by atoms with Crippen molar-refractivity contribution >= 4 is 0 Å². The second kappa shape index (κ2) is 7.39. The summed E-state index contributed by atoms with van der Waals surface area (Å²) in [5.74, 6) is 0.258. The monoisotopic (exact) mass is 398 g/mol. The molecule has 0 aromatic heterocycles. The van der Waals surface area contributed by atoms with Gasteiger partial charge in [0.2, 0.25) is 0 Å². The van der Waals surface area contributed by atoms with Gasteiger partial charge >= 0.3 is 0 Å². The van der Waals surface area contributed by atoms with Crippen LogP contribution in [0.3, 0.4) is 0 Å². The van der Waals surface area contributed by atoms with Crippen LogP contribution in [-0.2, 0) is 5.41 Å². The molecule has 0 saturated carbocycles. The third kappa shape index (κ3) is 2.68. The average Bonchev–Trinajstić information content (AvgIpc) is 3.49. The fourth-order valence-electron chi connectivity index (χ4n) is 6.11. The predicted octanol–water partition coefficient (Wildman–Crippen LogP) is 7.90. The van der Waals surface area contributed by atoms with Crippen LogP contribution in [0.2, 0.25) is 0 Å². The van der Waals surface area contributed by atoms with E-state index >= 15 is 0 Å². The molecule has 4 aromatic carbocycles. The van der Waals surface area contributed by atoms with Crippen molar-refractivity contribution in [1.29, 1.82) is 0 Å². The number of rotatable bonds is 4. The van der Waals surface area contributed by atoms with Gasteiger partial charge in [0.15, 0.2) is 0 Å². The Morgan fingerprint density at radius 2 is 1.03 bits per heavy atom. The standard InChI is InChI=1S/C31H26/c1-3-13-23(14-4-1)31(25-17-7-8-18-25,24-15-5-2-6-16-24)30-28-21-11-9-19-26(28)27-20-10-12-22-29(27)30/h1-6,9-17,19-22,30H,7-8,18H2. The Hall–Kier alpha value is -3.38. The first-order valence-corrected chi connectivity index (χ1v) is 11.4. The van der Waals surface area contributed by atoms with E-state index < -0.39 is 0 Å². The summed E-state index contributed by atoms with van der Waals surface area (Å²) in [6, 6.07) is 40.6. The Balaban J connectivity index is 1.76. The molecule has 0 bridgehead atoms. The van der Waals surface area contributed by atoms with Crippen molar-refractivity contribution < 1.29 is 0 Å². The molecular weight excluding hydrogens is 372 g/mol. The average molecular weight is 399 g/mol. The summed E-state index contributed by atoms with van der Waals surface area (Å²) in [7, 11) is 0. The molecule has 4 aromatic rings. The lowest BCUT2D eigenvalue weighted by Gasteiger charge is -2.43. The Morgan fingerprint density at radius 3 is 1.52 bits per heavy atom. The van der Waals surface area contributed by atoms with Crippen LogP contribution in [0.15, 0.2) is 121 Å². The summed E-state index contributed by atoms with van der Waals surface area (Å²) in [6.07, 6.45) is 6.10. The lowest BCUT2D eigenvalue weighted by molar-refractivity contribution is 0.520. The molecule has 0 unspecified atom stereocenters. The van der Waals surface area contributed by atoms with Gasteiger partial charge in [-0.25, -0.2) is 0 Å². The molecule has 0 heteroatoms. The van der Waals surface area contributed by atoms with Crippen LogP contribution >= 0.6 is 0 Å². The van der Waals surface area contributed by atoms with Gasteiger partial charge in [0, 0.05) is 5.92 Å². The molecule has 0 N–H and O–H groups in total. The lowest BCUT2D eigenvalue weighted by Crippen LogP contribution is -2.37. The van der Waals surface area contributed by atoms with Crippen LogP contribution in [0.4, 0.5) is 0 Å². The van der Waals surface area contributed by atoms with Gasteiger partial charge in [0.25, 0.3) is 0 Å². The minimum atomic E-state index is -0.207. The minimum Gasteiger partial charge on any atom is -0.0841 e. The third-order valence-electron chi connectivity index (χ3n) is 7.27. The van der Waals surface area contributed by atoms with Gasteiger partial charge < -0.3 is 0 Å². The van der Waals surface area contributed by atoms with Crippen molar-refractivity contribution in [2.75, 3.05) is 0 Å². The van der Waals surface area contributed by atoms with Crippen LogP contribution in [0, 0.1) is 0 Å². The summed E-state index contributed by atoms with van der Waals surface area (Å²) in [4.78, 5) is 0.